The van der Waals surface area contributed by atoms with E-state index in [0.717, 1.165) is 32.2 Å². The fourth-order valence-corrected chi connectivity index (χ4v) is 3.61. The molecule has 100 valence electrons. The van der Waals surface area contributed by atoms with E-state index in [1.165, 1.54) is 28.4 Å². The van der Waals surface area contributed by atoms with Gasteiger partial charge in [0.05, 0.1) is 12.3 Å². The van der Waals surface area contributed by atoms with Crippen molar-refractivity contribution in [2.24, 2.45) is 0 Å². The molecule has 1 aliphatic carbocycles. The number of morpholine rings is 1. The number of hydrogen-bond acceptors (Lipinski definition) is 5. The van der Waals surface area contributed by atoms with Crippen molar-refractivity contribution in [3.05, 3.63) is 15.6 Å². The Balaban J connectivity index is 1.80. The van der Waals surface area contributed by atoms with Gasteiger partial charge in [-0.25, -0.2) is 4.98 Å². The van der Waals surface area contributed by atoms with Gasteiger partial charge in [-0.15, -0.1) is 11.3 Å². The molecule has 2 heterocycles. The first-order chi connectivity index (χ1) is 8.78. The topological polar surface area (TPSA) is 37.4 Å². The van der Waals surface area contributed by atoms with E-state index in [2.05, 4.69) is 17.3 Å². The Morgan fingerprint density at radius 2 is 2.33 bits per heavy atom. The molecule has 1 atom stereocenters. The van der Waals surface area contributed by atoms with Crippen LogP contribution in [0.3, 0.4) is 0 Å². The number of hydrogen-bond donors (Lipinski definition) is 1. The van der Waals surface area contributed by atoms with Crippen LogP contribution in [-0.2, 0) is 11.3 Å². The number of rotatable bonds is 4. The number of aromatic nitrogens is 1. The summed E-state index contributed by atoms with van der Waals surface area (Å²) < 4.78 is 5.87. The lowest BCUT2D eigenvalue weighted by Crippen LogP contribution is -2.35. The van der Waals surface area contributed by atoms with Crippen LogP contribution in [0.5, 0.6) is 0 Å². The Labute approximate surface area is 112 Å². The van der Waals surface area contributed by atoms with Crippen LogP contribution >= 0.6 is 11.3 Å². The first-order valence-corrected chi connectivity index (χ1v) is 7.54. The average molecular weight is 267 g/mol. The fraction of sp³-hybridized carbons (Fsp3) is 0.769. The molecule has 3 rings (SSSR count). The molecule has 0 amide bonds. The lowest BCUT2D eigenvalue weighted by atomic mass is 10.2. The van der Waals surface area contributed by atoms with Crippen molar-refractivity contribution >= 4 is 11.3 Å². The van der Waals surface area contributed by atoms with Crippen LogP contribution in [0.2, 0.25) is 0 Å². The van der Waals surface area contributed by atoms with E-state index in [1.54, 1.807) is 0 Å². The first-order valence-electron chi connectivity index (χ1n) is 6.72. The SMILES string of the molecule is CNCc1sc(C2CN(C)CCO2)nc1C1CC1. The molecule has 2 fully saturated rings. The molecule has 0 radical (unpaired) electrons. The van der Waals surface area contributed by atoms with Gasteiger partial charge in [0.1, 0.15) is 11.1 Å². The fourth-order valence-electron chi connectivity index (χ4n) is 2.41. The van der Waals surface area contributed by atoms with Gasteiger partial charge in [0, 0.05) is 30.4 Å². The van der Waals surface area contributed by atoms with Gasteiger partial charge in [-0.3, -0.25) is 0 Å². The highest BCUT2D eigenvalue weighted by molar-refractivity contribution is 7.11. The lowest BCUT2D eigenvalue weighted by molar-refractivity contribution is -0.0210. The van der Waals surface area contributed by atoms with E-state index in [1.807, 2.05) is 18.4 Å². The molecule has 0 spiro atoms. The van der Waals surface area contributed by atoms with E-state index < -0.39 is 0 Å². The number of likely N-dealkylation sites (N-methyl/N-ethyl adjacent to an activating group) is 1. The monoisotopic (exact) mass is 267 g/mol. The van der Waals surface area contributed by atoms with Gasteiger partial charge < -0.3 is 15.0 Å². The number of thiazole rings is 1. The standard InChI is InChI=1S/C13H21N3OS/c1-14-7-11-12(9-3-4-9)15-13(18-11)10-8-16(2)5-6-17-10/h9-10,14H,3-8H2,1-2H3. The second-order valence-electron chi connectivity index (χ2n) is 5.29. The zero-order valence-corrected chi connectivity index (χ0v) is 11.9. The minimum Gasteiger partial charge on any atom is -0.368 e. The highest BCUT2D eigenvalue weighted by Gasteiger charge is 2.31. The maximum atomic E-state index is 5.87. The van der Waals surface area contributed by atoms with Crippen LogP contribution in [0.15, 0.2) is 0 Å². The summed E-state index contributed by atoms with van der Waals surface area (Å²) in [5, 5.41) is 4.43. The number of nitrogens with zero attached hydrogens (tertiary/aromatic N) is 2. The van der Waals surface area contributed by atoms with Crippen molar-refractivity contribution < 1.29 is 4.74 Å². The van der Waals surface area contributed by atoms with Gasteiger partial charge >= 0.3 is 0 Å². The van der Waals surface area contributed by atoms with Gasteiger partial charge in [0.15, 0.2) is 0 Å². The number of ether oxygens (including phenoxy) is 1. The third kappa shape index (κ3) is 2.59. The maximum Gasteiger partial charge on any atom is 0.123 e. The molecular weight excluding hydrogens is 246 g/mol. The minimum absolute atomic E-state index is 0.178. The molecule has 4 nitrogen and oxygen atoms in total. The van der Waals surface area contributed by atoms with E-state index in [9.17, 15) is 0 Å². The Bertz CT molecular complexity index is 416. The van der Waals surface area contributed by atoms with Crippen LogP contribution in [0.1, 0.15) is 40.4 Å². The Hall–Kier alpha value is -0.490. The summed E-state index contributed by atoms with van der Waals surface area (Å²) in [5.41, 5.74) is 1.33. The largest absolute Gasteiger partial charge is 0.368 e. The van der Waals surface area contributed by atoms with Crippen molar-refractivity contribution in [2.45, 2.75) is 31.4 Å². The second-order valence-corrected chi connectivity index (χ2v) is 6.40. The van der Waals surface area contributed by atoms with Crippen molar-refractivity contribution in [1.29, 1.82) is 0 Å². The van der Waals surface area contributed by atoms with Gasteiger partial charge in [-0.2, -0.15) is 0 Å². The van der Waals surface area contributed by atoms with E-state index in [4.69, 9.17) is 9.72 Å². The molecule has 1 aliphatic heterocycles. The summed E-state index contributed by atoms with van der Waals surface area (Å²) in [6, 6.07) is 0. The molecule has 1 aromatic rings. The third-order valence-corrected chi connectivity index (χ3v) is 4.75. The van der Waals surface area contributed by atoms with Gasteiger partial charge in [0.25, 0.3) is 0 Å². The highest BCUT2D eigenvalue weighted by atomic mass is 32.1. The number of nitrogens with one attached hydrogen (secondary N) is 1. The molecule has 2 aliphatic rings. The maximum absolute atomic E-state index is 5.87. The molecule has 0 bridgehead atoms. The van der Waals surface area contributed by atoms with Gasteiger partial charge in [0.2, 0.25) is 0 Å². The van der Waals surface area contributed by atoms with Crippen LogP contribution in [0.4, 0.5) is 0 Å². The summed E-state index contributed by atoms with van der Waals surface area (Å²) in [6.07, 6.45) is 2.80. The predicted octanol–water partition coefficient (Wildman–Crippen LogP) is 1.74. The first kappa shape index (κ1) is 12.5. The summed E-state index contributed by atoms with van der Waals surface area (Å²) in [6.45, 7) is 3.75. The van der Waals surface area contributed by atoms with Crippen molar-refractivity contribution in [1.82, 2.24) is 15.2 Å². The van der Waals surface area contributed by atoms with Crippen molar-refractivity contribution in [2.75, 3.05) is 33.8 Å². The van der Waals surface area contributed by atoms with Crippen LogP contribution in [0.25, 0.3) is 0 Å². The molecule has 1 saturated carbocycles. The van der Waals surface area contributed by atoms with Crippen LogP contribution in [0, 0.1) is 0 Å². The Morgan fingerprint density at radius 3 is 3.00 bits per heavy atom. The average Bonchev–Trinajstić information content (AvgIpc) is 3.12. The minimum atomic E-state index is 0.178. The highest BCUT2D eigenvalue weighted by Crippen LogP contribution is 2.43. The summed E-state index contributed by atoms with van der Waals surface area (Å²) in [5.74, 6) is 0.722. The molecule has 1 unspecified atom stereocenters. The smallest absolute Gasteiger partial charge is 0.123 e. The second kappa shape index (κ2) is 5.25. The zero-order valence-electron chi connectivity index (χ0n) is 11.1. The summed E-state index contributed by atoms with van der Waals surface area (Å²) in [4.78, 5) is 8.61. The van der Waals surface area contributed by atoms with E-state index >= 15 is 0 Å². The van der Waals surface area contributed by atoms with Crippen molar-refractivity contribution in [3.8, 4) is 0 Å². The third-order valence-electron chi connectivity index (χ3n) is 3.59. The van der Waals surface area contributed by atoms with E-state index in [0.29, 0.717) is 0 Å². The molecule has 1 saturated heterocycles. The van der Waals surface area contributed by atoms with Crippen molar-refractivity contribution in [3.63, 3.8) is 0 Å². The van der Waals surface area contributed by atoms with Gasteiger partial charge in [-0.1, -0.05) is 0 Å². The molecule has 18 heavy (non-hydrogen) atoms. The zero-order chi connectivity index (χ0) is 12.5. The molecule has 1 aromatic heterocycles. The quantitative estimate of drug-likeness (QED) is 0.902. The molecule has 1 N–H and O–H groups in total. The molecule has 5 heteroatoms. The Kier molecular flexibility index (Phi) is 3.66. The molecular formula is C13H21N3OS. The van der Waals surface area contributed by atoms with Crippen LogP contribution < -0.4 is 5.32 Å². The van der Waals surface area contributed by atoms with Gasteiger partial charge in [-0.05, 0) is 26.9 Å². The predicted molar refractivity (Wildman–Crippen MR) is 73.0 cm³/mol. The summed E-state index contributed by atoms with van der Waals surface area (Å²) >= 11 is 1.84. The normalized spacial score (nSPS) is 25.6. The van der Waals surface area contributed by atoms with Crippen LogP contribution in [-0.4, -0.2) is 43.7 Å². The lowest BCUT2D eigenvalue weighted by Gasteiger charge is -2.28. The molecule has 0 aromatic carbocycles. The Morgan fingerprint density at radius 1 is 1.50 bits per heavy atom. The van der Waals surface area contributed by atoms with E-state index in [-0.39, 0.29) is 6.10 Å². The summed E-state index contributed by atoms with van der Waals surface area (Å²) in [7, 11) is 4.15.